The summed E-state index contributed by atoms with van der Waals surface area (Å²) in [5.74, 6) is 1.10. The summed E-state index contributed by atoms with van der Waals surface area (Å²) in [6.45, 7) is 6.89. The first-order valence-electron chi connectivity index (χ1n) is 10.3. The van der Waals surface area contributed by atoms with Crippen molar-refractivity contribution in [2.45, 2.75) is 55.5 Å². The molecule has 2 aliphatic rings. The van der Waals surface area contributed by atoms with Crippen molar-refractivity contribution < 1.29 is 17.9 Å². The van der Waals surface area contributed by atoms with Crippen molar-refractivity contribution in [3.05, 3.63) is 48.2 Å². The largest absolute Gasteiger partial charge is 0.494 e. The minimum absolute atomic E-state index is 0.0241. The molecule has 0 aliphatic carbocycles. The molecule has 4 rings (SSSR count). The number of hydrogen-bond acceptors (Lipinski definition) is 6. The number of benzene rings is 1. The van der Waals surface area contributed by atoms with E-state index in [0.29, 0.717) is 18.4 Å². The first kappa shape index (κ1) is 20.2. The molecular weight excluding hydrogens is 388 g/mol. The predicted molar refractivity (Wildman–Crippen MR) is 111 cm³/mol. The van der Waals surface area contributed by atoms with Gasteiger partial charge in [-0.05, 0) is 69.5 Å². The lowest BCUT2D eigenvalue weighted by molar-refractivity contribution is 0.186. The highest BCUT2D eigenvalue weighted by molar-refractivity contribution is 7.92. The summed E-state index contributed by atoms with van der Waals surface area (Å²) in [4.78, 5) is 6.52. The summed E-state index contributed by atoms with van der Waals surface area (Å²) in [6.07, 6.45) is 4.49. The maximum atomic E-state index is 12.8. The van der Waals surface area contributed by atoms with Gasteiger partial charge in [-0.1, -0.05) is 12.1 Å². The van der Waals surface area contributed by atoms with Crippen LogP contribution < -0.4 is 9.47 Å². The third-order valence-electron chi connectivity index (χ3n) is 5.93. The Morgan fingerprint density at radius 3 is 2.72 bits per heavy atom. The Bertz CT molecular complexity index is 946. The van der Waals surface area contributed by atoms with Crippen molar-refractivity contribution >= 4 is 9.84 Å². The average molecular weight is 417 g/mol. The Labute approximate surface area is 172 Å². The summed E-state index contributed by atoms with van der Waals surface area (Å²) in [7, 11) is -3.53. The summed E-state index contributed by atoms with van der Waals surface area (Å²) >= 11 is 0. The van der Waals surface area contributed by atoms with E-state index in [-0.39, 0.29) is 5.03 Å². The molecule has 1 aromatic carbocycles. The topological polar surface area (TPSA) is 68.7 Å². The number of nitrogens with zero attached hydrogens (tertiary/aromatic N) is 2. The fourth-order valence-corrected chi connectivity index (χ4v) is 5.62. The second-order valence-electron chi connectivity index (χ2n) is 7.89. The molecular formula is C22H28N2O4S. The zero-order valence-electron chi connectivity index (χ0n) is 17.0. The van der Waals surface area contributed by atoms with E-state index in [1.165, 1.54) is 25.6 Å². The Balaban J connectivity index is 1.38. The number of rotatable bonds is 6. The fraction of sp³-hybridized carbons (Fsp3) is 0.500. The molecule has 0 amide bonds. The summed E-state index contributed by atoms with van der Waals surface area (Å²) in [5, 5.41) is -0.685. The van der Waals surface area contributed by atoms with Gasteiger partial charge in [0.25, 0.3) is 0 Å². The van der Waals surface area contributed by atoms with Crippen molar-refractivity contribution in [1.29, 1.82) is 0 Å². The molecule has 2 aromatic rings. The SMILES string of the molecule is CC1C(c2ccc(OCCCN3CCC[C@H]3C)cc2)Oc2cccnc2S1(=O)=O. The van der Waals surface area contributed by atoms with Crippen LogP contribution in [0.2, 0.25) is 0 Å². The van der Waals surface area contributed by atoms with Gasteiger partial charge in [0.1, 0.15) is 17.1 Å². The molecule has 2 unspecified atom stereocenters. The Hall–Kier alpha value is -2.12. The van der Waals surface area contributed by atoms with Gasteiger partial charge in [0.05, 0.1) is 6.61 Å². The van der Waals surface area contributed by atoms with Gasteiger partial charge in [0, 0.05) is 18.8 Å². The van der Waals surface area contributed by atoms with Crippen LogP contribution in [0.25, 0.3) is 0 Å². The van der Waals surface area contributed by atoms with E-state index >= 15 is 0 Å². The van der Waals surface area contributed by atoms with E-state index < -0.39 is 21.2 Å². The molecule has 0 bridgehead atoms. The van der Waals surface area contributed by atoms with Gasteiger partial charge < -0.3 is 14.4 Å². The van der Waals surface area contributed by atoms with E-state index in [9.17, 15) is 8.42 Å². The van der Waals surface area contributed by atoms with E-state index in [1.807, 2.05) is 24.3 Å². The van der Waals surface area contributed by atoms with Crippen molar-refractivity contribution in [3.8, 4) is 11.5 Å². The molecule has 3 atom stereocenters. The maximum Gasteiger partial charge on any atom is 0.205 e. The highest BCUT2D eigenvalue weighted by atomic mass is 32.2. The summed E-state index contributed by atoms with van der Waals surface area (Å²) < 4.78 is 37.4. The average Bonchev–Trinajstić information content (AvgIpc) is 3.14. The molecule has 2 aliphatic heterocycles. The van der Waals surface area contributed by atoms with Gasteiger partial charge in [-0.2, -0.15) is 0 Å². The van der Waals surface area contributed by atoms with Crippen molar-refractivity contribution in [2.75, 3.05) is 19.7 Å². The quantitative estimate of drug-likeness (QED) is 0.670. The molecule has 7 heteroatoms. The van der Waals surface area contributed by atoms with Crippen LogP contribution >= 0.6 is 0 Å². The van der Waals surface area contributed by atoms with Crippen LogP contribution in [0.4, 0.5) is 0 Å². The van der Waals surface area contributed by atoms with Crippen LogP contribution in [-0.2, 0) is 9.84 Å². The third-order valence-corrected chi connectivity index (χ3v) is 8.00. The molecule has 29 heavy (non-hydrogen) atoms. The number of hydrogen-bond donors (Lipinski definition) is 0. The lowest BCUT2D eigenvalue weighted by atomic mass is 10.1. The lowest BCUT2D eigenvalue weighted by Gasteiger charge is -2.30. The van der Waals surface area contributed by atoms with E-state index in [2.05, 4.69) is 16.8 Å². The Morgan fingerprint density at radius 1 is 1.21 bits per heavy atom. The molecule has 3 heterocycles. The minimum Gasteiger partial charge on any atom is -0.494 e. The molecule has 0 saturated carbocycles. The van der Waals surface area contributed by atoms with E-state index in [0.717, 1.165) is 24.3 Å². The van der Waals surface area contributed by atoms with Crippen molar-refractivity contribution in [1.82, 2.24) is 9.88 Å². The molecule has 1 fully saturated rings. The number of fused-ring (bicyclic) bond motifs is 1. The second-order valence-corrected chi connectivity index (χ2v) is 10.1. The summed E-state index contributed by atoms with van der Waals surface area (Å²) in [6, 6.07) is 11.6. The lowest BCUT2D eigenvalue weighted by Crippen LogP contribution is -2.34. The van der Waals surface area contributed by atoms with Gasteiger partial charge >= 0.3 is 0 Å². The fourth-order valence-electron chi connectivity index (χ4n) is 4.13. The third kappa shape index (κ3) is 4.12. The zero-order valence-corrected chi connectivity index (χ0v) is 17.8. The monoisotopic (exact) mass is 416 g/mol. The predicted octanol–water partition coefficient (Wildman–Crippen LogP) is 3.63. The first-order valence-corrected chi connectivity index (χ1v) is 11.8. The molecule has 0 spiro atoms. The van der Waals surface area contributed by atoms with Gasteiger partial charge in [-0.15, -0.1) is 0 Å². The molecule has 6 nitrogen and oxygen atoms in total. The molecule has 156 valence electrons. The highest BCUT2D eigenvalue weighted by Crippen LogP contribution is 2.39. The standard InChI is InChI=1S/C22H28N2O4S/c1-16-6-4-13-24(16)14-5-15-27-19-10-8-18(9-11-19)21-17(2)29(25,26)22-20(28-21)7-3-12-23-22/h3,7-12,16-17,21H,4-6,13-15H2,1-2H3/t16-,17?,21?/m1/s1. The van der Waals surface area contributed by atoms with E-state index in [1.54, 1.807) is 19.1 Å². The van der Waals surface area contributed by atoms with Crippen LogP contribution in [0.1, 0.15) is 44.8 Å². The van der Waals surface area contributed by atoms with Gasteiger partial charge in [0.15, 0.2) is 10.8 Å². The number of aromatic nitrogens is 1. The van der Waals surface area contributed by atoms with Gasteiger partial charge in [-0.25, -0.2) is 13.4 Å². The summed E-state index contributed by atoms with van der Waals surface area (Å²) in [5.41, 5.74) is 0.814. The highest BCUT2D eigenvalue weighted by Gasteiger charge is 2.41. The normalized spacial score (nSPS) is 25.9. The number of ether oxygens (including phenoxy) is 2. The van der Waals surface area contributed by atoms with Crippen molar-refractivity contribution in [3.63, 3.8) is 0 Å². The van der Waals surface area contributed by atoms with Crippen molar-refractivity contribution in [2.24, 2.45) is 0 Å². The zero-order chi connectivity index (χ0) is 20.4. The number of likely N-dealkylation sites (tertiary alicyclic amines) is 1. The molecule has 0 N–H and O–H groups in total. The van der Waals surface area contributed by atoms with Crippen LogP contribution in [0.5, 0.6) is 11.5 Å². The van der Waals surface area contributed by atoms with Gasteiger partial charge in [-0.3, -0.25) is 0 Å². The molecule has 1 saturated heterocycles. The second kappa shape index (κ2) is 8.32. The Kier molecular flexibility index (Phi) is 5.79. The number of sulfone groups is 1. The number of pyridine rings is 1. The smallest absolute Gasteiger partial charge is 0.205 e. The Morgan fingerprint density at radius 2 is 2.00 bits per heavy atom. The van der Waals surface area contributed by atoms with Crippen LogP contribution in [0.3, 0.4) is 0 Å². The molecule has 1 aromatic heterocycles. The van der Waals surface area contributed by atoms with Gasteiger partial charge in [0.2, 0.25) is 9.84 Å². The minimum atomic E-state index is -3.53. The van der Waals surface area contributed by atoms with Crippen LogP contribution in [-0.4, -0.2) is 49.3 Å². The maximum absolute atomic E-state index is 12.8. The van der Waals surface area contributed by atoms with E-state index in [4.69, 9.17) is 9.47 Å². The first-order chi connectivity index (χ1) is 14.0. The molecule has 0 radical (unpaired) electrons. The van der Waals surface area contributed by atoms with Crippen LogP contribution in [0, 0.1) is 0 Å². The van der Waals surface area contributed by atoms with Crippen LogP contribution in [0.15, 0.2) is 47.6 Å².